The van der Waals surface area contributed by atoms with Crippen LogP contribution < -0.4 is 5.32 Å². The van der Waals surface area contributed by atoms with Crippen molar-refractivity contribution in [3.05, 3.63) is 24.3 Å². The molecule has 6 heteroatoms. The number of esters is 1. The van der Waals surface area contributed by atoms with Crippen LogP contribution in [0.3, 0.4) is 0 Å². The Morgan fingerprint density at radius 1 is 0.422 bits per heavy atom. The van der Waals surface area contributed by atoms with Crippen molar-refractivity contribution in [1.29, 1.82) is 0 Å². The normalized spacial score (nSPS) is 12.8. The number of hydrogen-bond donors (Lipinski definition) is 3. The number of amides is 1. The molecule has 0 aliphatic heterocycles. The van der Waals surface area contributed by atoms with Crippen LogP contribution in [0.2, 0.25) is 0 Å². The fourth-order valence-electron chi connectivity index (χ4n) is 8.81. The lowest BCUT2D eigenvalue weighted by molar-refractivity contribution is -0.143. The van der Waals surface area contributed by atoms with Gasteiger partial charge in [0.25, 0.3) is 0 Å². The maximum Gasteiger partial charge on any atom is 0.305 e. The first-order chi connectivity index (χ1) is 31.5. The number of aliphatic hydroxyl groups is 2. The second-order valence-electron chi connectivity index (χ2n) is 19.6. The average molecular weight is 903 g/mol. The fourth-order valence-corrected chi connectivity index (χ4v) is 8.81. The molecule has 6 nitrogen and oxygen atoms in total. The Morgan fingerprint density at radius 3 is 1.11 bits per heavy atom. The largest absolute Gasteiger partial charge is 0.466 e. The van der Waals surface area contributed by atoms with E-state index in [1.54, 1.807) is 0 Å². The highest BCUT2D eigenvalue weighted by Crippen LogP contribution is 2.16. The molecule has 0 aromatic carbocycles. The minimum Gasteiger partial charge on any atom is -0.466 e. The van der Waals surface area contributed by atoms with Gasteiger partial charge in [-0.3, -0.25) is 9.59 Å². The van der Waals surface area contributed by atoms with E-state index in [2.05, 4.69) is 43.5 Å². The average Bonchev–Trinajstić information content (AvgIpc) is 3.29. The summed E-state index contributed by atoms with van der Waals surface area (Å²) in [6, 6.07) is -0.551. The van der Waals surface area contributed by atoms with Gasteiger partial charge >= 0.3 is 5.97 Å². The summed E-state index contributed by atoms with van der Waals surface area (Å²) >= 11 is 0. The van der Waals surface area contributed by atoms with Crippen LogP contribution in [-0.2, 0) is 14.3 Å². The van der Waals surface area contributed by atoms with Crippen LogP contribution in [0.4, 0.5) is 0 Å². The van der Waals surface area contributed by atoms with Crippen molar-refractivity contribution in [3.63, 3.8) is 0 Å². The van der Waals surface area contributed by atoms with Gasteiger partial charge in [-0.1, -0.05) is 244 Å². The van der Waals surface area contributed by atoms with Gasteiger partial charge < -0.3 is 20.3 Å². The second-order valence-corrected chi connectivity index (χ2v) is 19.6. The van der Waals surface area contributed by atoms with Crippen LogP contribution in [0.15, 0.2) is 24.3 Å². The molecule has 2 unspecified atom stereocenters. The van der Waals surface area contributed by atoms with E-state index in [1.807, 2.05) is 0 Å². The summed E-state index contributed by atoms with van der Waals surface area (Å²) in [4.78, 5) is 24.5. The van der Waals surface area contributed by atoms with Gasteiger partial charge in [0.15, 0.2) is 0 Å². The Hall–Kier alpha value is -1.66. The molecule has 0 aliphatic carbocycles. The SMILES string of the molecule is CCCCCCCCC/C=C\CCCCCCCC(=O)OCCCCCCCCCCC/C=C\CCCCCCCC(=O)NC(CO)C(O)CCCCCCCCCCCCCCC. The van der Waals surface area contributed by atoms with Gasteiger partial charge in [0.2, 0.25) is 5.91 Å². The molecule has 0 fully saturated rings. The van der Waals surface area contributed by atoms with E-state index < -0.39 is 12.1 Å². The maximum atomic E-state index is 12.4. The van der Waals surface area contributed by atoms with E-state index in [1.165, 1.54) is 218 Å². The minimum atomic E-state index is -0.672. The Kier molecular flexibility index (Phi) is 52.6. The zero-order chi connectivity index (χ0) is 46.5. The third kappa shape index (κ3) is 49.8. The third-order valence-electron chi connectivity index (χ3n) is 13.2. The van der Waals surface area contributed by atoms with Crippen LogP contribution in [0.1, 0.15) is 309 Å². The van der Waals surface area contributed by atoms with E-state index in [0.717, 1.165) is 57.8 Å². The van der Waals surface area contributed by atoms with Crippen LogP contribution in [0, 0.1) is 0 Å². The molecular formula is C58H111NO5. The molecule has 0 saturated carbocycles. The number of rotatable bonds is 53. The summed E-state index contributed by atoms with van der Waals surface area (Å²) in [5.74, 6) is -0.0535. The lowest BCUT2D eigenvalue weighted by atomic mass is 10.0. The standard InChI is InChI=1S/C58H111NO5/c1-3-5-7-9-11-13-15-17-18-24-28-32-36-40-44-48-52-58(63)64-53-49-45-41-37-33-29-25-22-20-19-21-23-27-31-35-39-43-47-51-57(62)59-55(54-60)56(61)50-46-42-38-34-30-26-16-14-12-10-8-6-4-2/h18,21,23-24,55-56,60-61H,3-17,19-20,22,25-54H2,1-2H3,(H,59,62)/b23-21-,24-18-. The van der Waals surface area contributed by atoms with Gasteiger partial charge in [-0.05, 0) is 77.0 Å². The summed E-state index contributed by atoms with van der Waals surface area (Å²) in [5.41, 5.74) is 0. The second kappa shape index (κ2) is 54.0. The summed E-state index contributed by atoms with van der Waals surface area (Å²) in [6.45, 7) is 4.94. The quantitative estimate of drug-likeness (QED) is 0.0321. The monoisotopic (exact) mass is 902 g/mol. The minimum absolute atomic E-state index is 0.00432. The Balaban J connectivity index is 3.44. The van der Waals surface area contributed by atoms with Gasteiger partial charge in [-0.2, -0.15) is 0 Å². The van der Waals surface area contributed by atoms with Gasteiger partial charge in [0.1, 0.15) is 0 Å². The van der Waals surface area contributed by atoms with Crippen molar-refractivity contribution < 1.29 is 24.5 Å². The van der Waals surface area contributed by atoms with Crippen LogP contribution >= 0.6 is 0 Å². The molecule has 0 heterocycles. The molecule has 0 aromatic rings. The predicted molar refractivity (Wildman–Crippen MR) is 278 cm³/mol. The van der Waals surface area contributed by atoms with Crippen LogP contribution in [0.5, 0.6) is 0 Å². The summed E-state index contributed by atoms with van der Waals surface area (Å²) < 4.78 is 5.47. The van der Waals surface area contributed by atoms with Crippen molar-refractivity contribution >= 4 is 11.9 Å². The van der Waals surface area contributed by atoms with E-state index in [0.29, 0.717) is 25.9 Å². The predicted octanol–water partition coefficient (Wildman–Crippen LogP) is 17.5. The Bertz CT molecular complexity index is 997. The topological polar surface area (TPSA) is 95.9 Å². The first kappa shape index (κ1) is 62.3. The molecule has 0 rings (SSSR count). The molecular weight excluding hydrogens is 791 g/mol. The third-order valence-corrected chi connectivity index (χ3v) is 13.2. The number of hydrogen-bond acceptors (Lipinski definition) is 5. The fraction of sp³-hybridized carbons (Fsp3) is 0.897. The van der Waals surface area contributed by atoms with E-state index >= 15 is 0 Å². The van der Waals surface area contributed by atoms with Crippen molar-refractivity contribution in [3.8, 4) is 0 Å². The van der Waals surface area contributed by atoms with E-state index in [4.69, 9.17) is 4.74 Å². The molecule has 1 amide bonds. The summed E-state index contributed by atoms with van der Waals surface area (Å²) in [5, 5.41) is 23.2. The van der Waals surface area contributed by atoms with Gasteiger partial charge in [0, 0.05) is 12.8 Å². The molecule has 0 bridgehead atoms. The van der Waals surface area contributed by atoms with Gasteiger partial charge in [-0.25, -0.2) is 0 Å². The van der Waals surface area contributed by atoms with Crippen molar-refractivity contribution in [2.45, 2.75) is 321 Å². The molecule has 0 aliphatic rings. The highest BCUT2D eigenvalue weighted by atomic mass is 16.5. The summed E-state index contributed by atoms with van der Waals surface area (Å²) in [6.07, 6.45) is 64.5. The summed E-state index contributed by atoms with van der Waals surface area (Å²) in [7, 11) is 0. The Labute approximate surface area is 399 Å². The number of allylic oxidation sites excluding steroid dienone is 4. The number of carbonyl (C=O) groups excluding carboxylic acids is 2. The number of ether oxygens (including phenoxy) is 1. The Morgan fingerprint density at radius 2 is 0.734 bits per heavy atom. The van der Waals surface area contributed by atoms with Crippen molar-refractivity contribution in [1.82, 2.24) is 5.32 Å². The number of carbonyl (C=O) groups is 2. The molecule has 0 aromatic heterocycles. The number of unbranched alkanes of at least 4 members (excludes halogenated alkanes) is 38. The van der Waals surface area contributed by atoms with Crippen LogP contribution in [0.25, 0.3) is 0 Å². The van der Waals surface area contributed by atoms with E-state index in [-0.39, 0.29) is 18.5 Å². The lowest BCUT2D eigenvalue weighted by Crippen LogP contribution is -2.45. The zero-order valence-electron chi connectivity index (χ0n) is 43.0. The molecule has 64 heavy (non-hydrogen) atoms. The highest BCUT2D eigenvalue weighted by Gasteiger charge is 2.20. The van der Waals surface area contributed by atoms with E-state index in [9.17, 15) is 19.8 Å². The van der Waals surface area contributed by atoms with Gasteiger partial charge in [-0.15, -0.1) is 0 Å². The first-order valence-electron chi connectivity index (χ1n) is 28.6. The smallest absolute Gasteiger partial charge is 0.305 e. The van der Waals surface area contributed by atoms with Crippen LogP contribution in [-0.4, -0.2) is 47.4 Å². The molecule has 2 atom stereocenters. The molecule has 378 valence electrons. The molecule has 0 radical (unpaired) electrons. The van der Waals surface area contributed by atoms with Crippen molar-refractivity contribution in [2.24, 2.45) is 0 Å². The van der Waals surface area contributed by atoms with Crippen molar-refractivity contribution in [2.75, 3.05) is 13.2 Å². The first-order valence-corrected chi connectivity index (χ1v) is 28.6. The van der Waals surface area contributed by atoms with Gasteiger partial charge in [0.05, 0.1) is 25.4 Å². The highest BCUT2D eigenvalue weighted by molar-refractivity contribution is 5.76. The maximum absolute atomic E-state index is 12.4. The zero-order valence-corrected chi connectivity index (χ0v) is 43.0. The number of nitrogens with one attached hydrogen (secondary N) is 1. The molecule has 0 spiro atoms. The number of aliphatic hydroxyl groups excluding tert-OH is 2. The molecule has 3 N–H and O–H groups in total. The lowest BCUT2D eigenvalue weighted by Gasteiger charge is -2.22. The molecule has 0 saturated heterocycles.